The third-order valence-corrected chi connectivity index (χ3v) is 2.53. The molecule has 0 saturated heterocycles. The number of rotatable bonds is 1. The molecule has 0 aliphatic heterocycles. The number of hydrogen-bond donors (Lipinski definition) is 0. The summed E-state index contributed by atoms with van der Waals surface area (Å²) in [6.07, 6.45) is 3.54. The van der Waals surface area contributed by atoms with Crippen LogP contribution in [0.5, 0.6) is 0 Å². The van der Waals surface area contributed by atoms with Gasteiger partial charge in [-0.3, -0.25) is 9.97 Å². The van der Waals surface area contributed by atoms with E-state index < -0.39 is 0 Å². The van der Waals surface area contributed by atoms with Gasteiger partial charge in [-0.05, 0) is 24.3 Å². The number of pyridine rings is 2. The van der Waals surface area contributed by atoms with Crippen LogP contribution in [-0.4, -0.2) is 17.8 Å². The fourth-order valence-electron chi connectivity index (χ4n) is 1.56. The Balaban J connectivity index is 0.000000163. The molecule has 0 aliphatic carbocycles. The van der Waals surface area contributed by atoms with Gasteiger partial charge in [0.1, 0.15) is 7.85 Å². The lowest BCUT2D eigenvalue weighted by molar-refractivity contribution is 1.25. The summed E-state index contributed by atoms with van der Waals surface area (Å²) in [4.78, 5) is 8.37. The molecule has 0 amide bonds. The van der Waals surface area contributed by atoms with E-state index in [0.717, 1.165) is 11.4 Å². The Bertz CT molecular complexity index is 545. The Morgan fingerprint density at radius 1 is 0.579 bits per heavy atom. The molecule has 0 radical (unpaired) electrons. The van der Waals surface area contributed by atoms with Crippen LogP contribution in [0, 0.1) is 0 Å². The molecule has 0 aliphatic rings. The minimum absolute atomic E-state index is 0.915. The lowest BCUT2D eigenvalue weighted by Gasteiger charge is -1.96. The molecule has 0 saturated carbocycles. The minimum Gasteiger partial charge on any atom is -0.255 e. The van der Waals surface area contributed by atoms with Crippen LogP contribution >= 0.6 is 0 Å². The van der Waals surface area contributed by atoms with E-state index in [1.165, 1.54) is 5.46 Å². The van der Waals surface area contributed by atoms with Gasteiger partial charge in [0.15, 0.2) is 0 Å². The first-order valence-corrected chi connectivity index (χ1v) is 6.20. The first-order chi connectivity index (χ1) is 9.36. The lowest BCUT2D eigenvalue weighted by Crippen LogP contribution is -1.97. The second kappa shape index (κ2) is 7.12. The number of nitrogens with zero attached hydrogens (tertiary/aromatic N) is 2. The van der Waals surface area contributed by atoms with E-state index >= 15 is 0 Å². The molecule has 0 spiro atoms. The summed E-state index contributed by atoms with van der Waals surface area (Å²) in [6, 6.07) is 21.9. The maximum Gasteiger partial charge on any atom is 0.139 e. The van der Waals surface area contributed by atoms with Crippen LogP contribution in [0.25, 0.3) is 11.4 Å². The third kappa shape index (κ3) is 4.39. The topological polar surface area (TPSA) is 25.8 Å². The van der Waals surface area contributed by atoms with Crippen molar-refractivity contribution in [3.63, 3.8) is 0 Å². The summed E-state index contributed by atoms with van der Waals surface area (Å²) < 4.78 is 0. The lowest BCUT2D eigenvalue weighted by atomic mass is 9.97. The highest BCUT2D eigenvalue weighted by Crippen LogP contribution is 2.10. The van der Waals surface area contributed by atoms with Gasteiger partial charge in [0.2, 0.25) is 0 Å². The maximum absolute atomic E-state index is 4.19. The Hall–Kier alpha value is -2.42. The van der Waals surface area contributed by atoms with Crippen LogP contribution in [-0.2, 0) is 0 Å². The van der Waals surface area contributed by atoms with E-state index in [0.29, 0.717) is 0 Å². The first-order valence-electron chi connectivity index (χ1n) is 6.20. The Labute approximate surface area is 114 Å². The van der Waals surface area contributed by atoms with Gasteiger partial charge in [-0.25, -0.2) is 0 Å². The molecule has 92 valence electrons. The summed E-state index contributed by atoms with van der Waals surface area (Å²) in [7, 11) is 2.08. The van der Waals surface area contributed by atoms with Crippen LogP contribution in [0.2, 0.25) is 0 Å². The van der Waals surface area contributed by atoms with Crippen molar-refractivity contribution in [1.82, 2.24) is 9.97 Å². The molecule has 2 heterocycles. The van der Waals surface area contributed by atoms with Gasteiger partial charge in [0.25, 0.3) is 0 Å². The first kappa shape index (κ1) is 13.0. The molecule has 2 aromatic heterocycles. The van der Waals surface area contributed by atoms with Gasteiger partial charge in [0.05, 0.1) is 11.4 Å². The standard InChI is InChI=1S/C10H8N2.C6H7B/c1-3-7-11-9(5-1)10-6-2-4-8-12-10;7-6-4-2-1-3-5-6/h1-8H;1-5H,7H2. The van der Waals surface area contributed by atoms with Crippen molar-refractivity contribution < 1.29 is 0 Å². The van der Waals surface area contributed by atoms with Gasteiger partial charge >= 0.3 is 0 Å². The average Bonchev–Trinajstić information content (AvgIpc) is 2.51. The zero-order chi connectivity index (χ0) is 13.3. The Kier molecular flexibility index (Phi) is 4.88. The average molecular weight is 246 g/mol. The third-order valence-electron chi connectivity index (χ3n) is 2.53. The second-order valence-corrected chi connectivity index (χ2v) is 4.08. The van der Waals surface area contributed by atoms with Crippen LogP contribution in [0.4, 0.5) is 0 Å². The molecular weight excluding hydrogens is 231 g/mol. The second-order valence-electron chi connectivity index (χ2n) is 4.08. The van der Waals surface area contributed by atoms with Crippen molar-refractivity contribution in [2.45, 2.75) is 0 Å². The highest BCUT2D eigenvalue weighted by atomic mass is 14.7. The summed E-state index contributed by atoms with van der Waals surface area (Å²) in [5.74, 6) is 0. The molecule has 0 unspecified atom stereocenters. The quantitative estimate of drug-likeness (QED) is 0.614. The van der Waals surface area contributed by atoms with E-state index in [2.05, 4.69) is 29.9 Å². The normalized spacial score (nSPS) is 9.26. The van der Waals surface area contributed by atoms with Crippen LogP contribution in [0.15, 0.2) is 79.1 Å². The van der Waals surface area contributed by atoms with Gasteiger partial charge in [0, 0.05) is 12.4 Å². The molecule has 0 atom stereocenters. The van der Waals surface area contributed by atoms with Crippen LogP contribution < -0.4 is 5.46 Å². The van der Waals surface area contributed by atoms with Crippen LogP contribution in [0.1, 0.15) is 0 Å². The van der Waals surface area contributed by atoms with Crippen molar-refractivity contribution in [3.05, 3.63) is 79.1 Å². The van der Waals surface area contributed by atoms with E-state index in [-0.39, 0.29) is 0 Å². The molecule has 0 bridgehead atoms. The molecule has 0 fully saturated rings. The van der Waals surface area contributed by atoms with Gasteiger partial charge in [-0.15, -0.1) is 0 Å². The molecular formula is C16H15BN2. The Morgan fingerprint density at radius 2 is 1.05 bits per heavy atom. The number of hydrogen-bond acceptors (Lipinski definition) is 2. The van der Waals surface area contributed by atoms with E-state index in [4.69, 9.17) is 0 Å². The monoisotopic (exact) mass is 246 g/mol. The molecule has 3 heteroatoms. The zero-order valence-corrected chi connectivity index (χ0v) is 10.9. The number of aromatic nitrogens is 2. The molecule has 19 heavy (non-hydrogen) atoms. The van der Waals surface area contributed by atoms with Gasteiger partial charge in [-0.1, -0.05) is 47.9 Å². The fraction of sp³-hybridized carbons (Fsp3) is 0. The molecule has 1 aromatic carbocycles. The van der Waals surface area contributed by atoms with Gasteiger partial charge < -0.3 is 0 Å². The Morgan fingerprint density at radius 3 is 1.37 bits per heavy atom. The predicted octanol–water partition coefficient (Wildman–Crippen LogP) is 2.09. The molecule has 0 N–H and O–H groups in total. The predicted molar refractivity (Wildman–Crippen MR) is 82.1 cm³/mol. The van der Waals surface area contributed by atoms with Crippen molar-refractivity contribution in [2.75, 3.05) is 0 Å². The van der Waals surface area contributed by atoms with Crippen molar-refractivity contribution in [1.29, 1.82) is 0 Å². The highest BCUT2D eigenvalue weighted by Gasteiger charge is 1.95. The van der Waals surface area contributed by atoms with Gasteiger partial charge in [-0.2, -0.15) is 0 Å². The minimum atomic E-state index is 0.915. The number of benzene rings is 1. The van der Waals surface area contributed by atoms with E-state index in [1.807, 2.05) is 54.6 Å². The van der Waals surface area contributed by atoms with Crippen LogP contribution in [0.3, 0.4) is 0 Å². The summed E-state index contributed by atoms with van der Waals surface area (Å²) in [5.41, 5.74) is 3.15. The van der Waals surface area contributed by atoms with Crippen molar-refractivity contribution >= 4 is 13.3 Å². The largest absolute Gasteiger partial charge is 0.255 e. The van der Waals surface area contributed by atoms with E-state index in [9.17, 15) is 0 Å². The van der Waals surface area contributed by atoms with E-state index in [1.54, 1.807) is 12.4 Å². The highest BCUT2D eigenvalue weighted by molar-refractivity contribution is 6.32. The van der Waals surface area contributed by atoms with Crippen molar-refractivity contribution in [2.24, 2.45) is 0 Å². The molecule has 3 aromatic rings. The maximum atomic E-state index is 4.19. The summed E-state index contributed by atoms with van der Waals surface area (Å²) in [5, 5.41) is 0. The SMILES string of the molecule is Bc1ccccc1.c1ccc(-c2ccccn2)nc1. The van der Waals surface area contributed by atoms with Crippen molar-refractivity contribution in [3.8, 4) is 11.4 Å². The molecule has 2 nitrogen and oxygen atoms in total. The fourth-order valence-corrected chi connectivity index (χ4v) is 1.56. The molecule has 3 rings (SSSR count). The summed E-state index contributed by atoms with van der Waals surface area (Å²) >= 11 is 0. The summed E-state index contributed by atoms with van der Waals surface area (Å²) in [6.45, 7) is 0. The smallest absolute Gasteiger partial charge is 0.139 e. The zero-order valence-electron chi connectivity index (χ0n) is 10.9.